The molecule has 380 valence electrons. The number of furan rings is 2. The van der Waals surface area contributed by atoms with Gasteiger partial charge in [0, 0.05) is 75.7 Å². The van der Waals surface area contributed by atoms with Crippen molar-refractivity contribution in [3.05, 3.63) is 267 Å². The Bertz CT molecular complexity index is 5960. The summed E-state index contributed by atoms with van der Waals surface area (Å²) in [4.78, 5) is 0. The van der Waals surface area contributed by atoms with Gasteiger partial charge in [0.15, 0.2) is 11.2 Å². The summed E-state index contributed by atoms with van der Waals surface area (Å²) in [6, 6.07) is 97.2. The topological polar surface area (TPSA) is 46.0 Å². The molecular formula is C76H44N4O2. The van der Waals surface area contributed by atoms with Gasteiger partial charge in [-0.3, -0.25) is 0 Å². The lowest BCUT2D eigenvalue weighted by Gasteiger charge is -2.14. The highest BCUT2D eigenvalue weighted by Gasteiger charge is 2.26. The Hall–Kier alpha value is -11.1. The average Bonchev–Trinajstić information content (AvgIpc) is 4.51. The minimum Gasteiger partial charge on any atom is -0.454 e. The summed E-state index contributed by atoms with van der Waals surface area (Å²) in [5.41, 5.74) is 19.3. The molecule has 0 N–H and O–H groups in total. The molecule has 0 aliphatic carbocycles. The summed E-state index contributed by atoms with van der Waals surface area (Å²) in [7, 11) is 0. The van der Waals surface area contributed by atoms with Crippen LogP contribution >= 0.6 is 0 Å². The van der Waals surface area contributed by atoms with Crippen molar-refractivity contribution in [3.8, 4) is 33.9 Å². The first-order valence-electron chi connectivity index (χ1n) is 28.1. The van der Waals surface area contributed by atoms with Crippen LogP contribution in [0.5, 0.6) is 0 Å². The molecule has 0 saturated heterocycles. The molecule has 6 heteroatoms. The van der Waals surface area contributed by atoms with Crippen LogP contribution in [0, 0.1) is 0 Å². The molecule has 0 saturated carbocycles. The van der Waals surface area contributed by atoms with Gasteiger partial charge in [0.05, 0.1) is 61.2 Å². The third-order valence-electron chi connectivity index (χ3n) is 17.7. The standard InChI is InChI=1S/C76H44N4O2/c1-2-18-48(19-3-1)77-62-26-10-5-23-57(62)71-65(77)29-15-31-67(71)80-64-42-36-46(44-59(64)54-39-41-56-52-22-8-13-34-70(52)82-76(56)74(54)80)45-35-37-49-47(43-45)17-14-28-60(49)78-63-27-11-6-24-58(63)72-66(78)30-16-32-68(72)79-61-25-9-4-20-50(61)53-38-40-55-51-21-7-12-33-69(51)81-75(55)73(53)79/h1-44H. The zero-order valence-corrected chi connectivity index (χ0v) is 44.0. The van der Waals surface area contributed by atoms with Crippen LogP contribution < -0.4 is 0 Å². The van der Waals surface area contributed by atoms with Crippen LogP contribution in [0.4, 0.5) is 0 Å². The molecule has 0 radical (unpaired) electrons. The Morgan fingerprint density at radius 2 is 0.671 bits per heavy atom. The van der Waals surface area contributed by atoms with Crippen molar-refractivity contribution in [2.45, 2.75) is 0 Å². The fourth-order valence-electron chi connectivity index (χ4n) is 14.3. The molecule has 6 aromatic heterocycles. The first kappa shape index (κ1) is 43.9. The van der Waals surface area contributed by atoms with E-state index >= 15 is 0 Å². The predicted octanol–water partition coefficient (Wildman–Crippen LogP) is 20.7. The number of nitrogens with zero attached hydrogens (tertiary/aromatic N) is 4. The zero-order chi connectivity index (χ0) is 53.3. The lowest BCUT2D eigenvalue weighted by atomic mass is 9.98. The van der Waals surface area contributed by atoms with E-state index in [0.717, 1.165) is 127 Å². The van der Waals surface area contributed by atoms with E-state index in [1.165, 1.54) is 48.6 Å². The highest BCUT2D eigenvalue weighted by Crippen LogP contribution is 2.47. The maximum absolute atomic E-state index is 6.94. The smallest absolute Gasteiger partial charge is 0.160 e. The largest absolute Gasteiger partial charge is 0.454 e. The summed E-state index contributed by atoms with van der Waals surface area (Å²) in [6.45, 7) is 0. The van der Waals surface area contributed by atoms with Gasteiger partial charge in [0.2, 0.25) is 0 Å². The quantitative estimate of drug-likeness (QED) is 0.172. The van der Waals surface area contributed by atoms with E-state index < -0.39 is 0 Å². The molecule has 19 aromatic rings. The Kier molecular flexibility index (Phi) is 8.69. The molecule has 0 aliphatic rings. The number of hydrogen-bond donors (Lipinski definition) is 0. The molecule has 0 spiro atoms. The van der Waals surface area contributed by atoms with Crippen LogP contribution in [0.15, 0.2) is 276 Å². The van der Waals surface area contributed by atoms with E-state index in [4.69, 9.17) is 8.83 Å². The molecule has 82 heavy (non-hydrogen) atoms. The van der Waals surface area contributed by atoms with E-state index in [1.54, 1.807) is 0 Å². The molecule has 0 unspecified atom stereocenters. The van der Waals surface area contributed by atoms with Gasteiger partial charge < -0.3 is 27.1 Å². The van der Waals surface area contributed by atoms with Gasteiger partial charge in [-0.1, -0.05) is 164 Å². The number of rotatable bonds is 5. The number of para-hydroxylation sites is 6. The minimum absolute atomic E-state index is 0.881. The number of hydrogen-bond acceptors (Lipinski definition) is 2. The lowest BCUT2D eigenvalue weighted by molar-refractivity contribution is 0.671. The molecule has 0 fully saturated rings. The van der Waals surface area contributed by atoms with Crippen molar-refractivity contribution >= 4 is 142 Å². The van der Waals surface area contributed by atoms with Crippen molar-refractivity contribution in [1.29, 1.82) is 0 Å². The third-order valence-corrected chi connectivity index (χ3v) is 17.7. The molecule has 0 amide bonds. The van der Waals surface area contributed by atoms with Crippen LogP contribution in [-0.2, 0) is 0 Å². The molecule has 19 rings (SSSR count). The van der Waals surface area contributed by atoms with Crippen molar-refractivity contribution in [3.63, 3.8) is 0 Å². The van der Waals surface area contributed by atoms with E-state index in [9.17, 15) is 0 Å². The summed E-state index contributed by atoms with van der Waals surface area (Å²) in [5, 5.41) is 16.2. The summed E-state index contributed by atoms with van der Waals surface area (Å²) < 4.78 is 23.5. The SMILES string of the molecule is c1ccc(-n2c3ccccc3c3c(-n4c5ccc(-c6ccc7c(-n8c9ccccc9c9c(-n%10c%11ccccc%11c%11ccc%12c%13ccccc%13oc%12c%11%10)cccc98)cccc7c6)cc5c5ccc6c7ccccc7oc6c54)cccc32)cc1. The maximum Gasteiger partial charge on any atom is 0.160 e. The molecule has 0 atom stereocenters. The van der Waals surface area contributed by atoms with Crippen LogP contribution in [0.25, 0.3) is 176 Å². The van der Waals surface area contributed by atoms with Crippen molar-refractivity contribution < 1.29 is 8.83 Å². The number of fused-ring (bicyclic) bond motifs is 21. The second-order valence-electron chi connectivity index (χ2n) is 21.9. The Morgan fingerprint density at radius 3 is 1.32 bits per heavy atom. The van der Waals surface area contributed by atoms with E-state index in [2.05, 4.69) is 285 Å². The second kappa shape index (κ2) is 16.3. The van der Waals surface area contributed by atoms with E-state index in [0.29, 0.717) is 0 Å². The molecule has 13 aromatic carbocycles. The third kappa shape index (κ3) is 5.81. The second-order valence-corrected chi connectivity index (χ2v) is 21.9. The van der Waals surface area contributed by atoms with Crippen LogP contribution in [0.3, 0.4) is 0 Å². The Morgan fingerprint density at radius 1 is 0.232 bits per heavy atom. The average molecular weight is 1050 g/mol. The van der Waals surface area contributed by atoms with Crippen molar-refractivity contribution in [2.24, 2.45) is 0 Å². The Balaban J connectivity index is 0.810. The maximum atomic E-state index is 6.94. The summed E-state index contributed by atoms with van der Waals surface area (Å²) in [5.74, 6) is 0. The van der Waals surface area contributed by atoms with Gasteiger partial charge in [-0.25, -0.2) is 0 Å². The number of aromatic nitrogens is 4. The van der Waals surface area contributed by atoms with Crippen molar-refractivity contribution in [1.82, 2.24) is 18.3 Å². The van der Waals surface area contributed by atoms with Gasteiger partial charge in [-0.05, 0) is 120 Å². The zero-order valence-electron chi connectivity index (χ0n) is 44.0. The molecular weight excluding hydrogens is 1000 g/mol. The predicted molar refractivity (Wildman–Crippen MR) is 341 cm³/mol. The number of benzene rings is 13. The van der Waals surface area contributed by atoms with Gasteiger partial charge in [0.1, 0.15) is 11.2 Å². The fraction of sp³-hybridized carbons (Fsp3) is 0. The first-order valence-corrected chi connectivity index (χ1v) is 28.1. The molecule has 6 nitrogen and oxygen atoms in total. The van der Waals surface area contributed by atoms with Crippen LogP contribution in [-0.4, -0.2) is 18.3 Å². The lowest BCUT2D eigenvalue weighted by Crippen LogP contribution is -1.97. The molecule has 0 aliphatic heterocycles. The monoisotopic (exact) mass is 1040 g/mol. The molecule has 0 bridgehead atoms. The van der Waals surface area contributed by atoms with Crippen LogP contribution in [0.1, 0.15) is 0 Å². The minimum atomic E-state index is 0.881. The van der Waals surface area contributed by atoms with Crippen molar-refractivity contribution in [2.75, 3.05) is 0 Å². The fourth-order valence-corrected chi connectivity index (χ4v) is 14.3. The Labute approximate surface area is 467 Å². The van der Waals surface area contributed by atoms with Gasteiger partial charge >= 0.3 is 0 Å². The van der Waals surface area contributed by atoms with Gasteiger partial charge in [-0.2, -0.15) is 0 Å². The van der Waals surface area contributed by atoms with Crippen LogP contribution in [0.2, 0.25) is 0 Å². The summed E-state index contributed by atoms with van der Waals surface area (Å²) >= 11 is 0. The van der Waals surface area contributed by atoms with E-state index in [1.807, 2.05) is 0 Å². The highest BCUT2D eigenvalue weighted by atomic mass is 16.3. The van der Waals surface area contributed by atoms with Gasteiger partial charge in [-0.15, -0.1) is 0 Å². The van der Waals surface area contributed by atoms with E-state index in [-0.39, 0.29) is 0 Å². The molecule has 6 heterocycles. The highest BCUT2D eigenvalue weighted by molar-refractivity contribution is 6.25. The summed E-state index contributed by atoms with van der Waals surface area (Å²) in [6.07, 6.45) is 0. The van der Waals surface area contributed by atoms with Gasteiger partial charge in [0.25, 0.3) is 0 Å². The normalized spacial score (nSPS) is 12.4. The first-order chi connectivity index (χ1) is 40.7.